The summed E-state index contributed by atoms with van der Waals surface area (Å²) >= 11 is 0. The summed E-state index contributed by atoms with van der Waals surface area (Å²) in [6, 6.07) is 6.29. The third-order valence-corrected chi connectivity index (χ3v) is 3.81. The number of nitrogens with zero attached hydrogens (tertiary/aromatic N) is 3. The Morgan fingerprint density at radius 2 is 1.95 bits per heavy atom. The molecule has 110 valence electrons. The minimum absolute atomic E-state index is 0.0817. The first kappa shape index (κ1) is 15.2. The van der Waals surface area contributed by atoms with Gasteiger partial charge in [-0.2, -0.15) is 0 Å². The largest absolute Gasteiger partial charge is 0.338 e. The molecule has 0 N–H and O–H groups in total. The molecule has 0 spiro atoms. The van der Waals surface area contributed by atoms with Gasteiger partial charge in [0.15, 0.2) is 0 Å². The Hall–Kier alpha value is -2.23. The Labute approximate surface area is 125 Å². The number of aryl methyl sites for hydroxylation is 2. The summed E-state index contributed by atoms with van der Waals surface area (Å²) in [7, 11) is 0. The molecule has 2 rings (SSSR count). The molecule has 0 saturated carbocycles. The summed E-state index contributed by atoms with van der Waals surface area (Å²) in [6.45, 7) is 6.83. The van der Waals surface area contributed by atoms with E-state index in [4.69, 9.17) is 0 Å². The van der Waals surface area contributed by atoms with E-state index >= 15 is 0 Å². The minimum atomic E-state index is 0.0817. The van der Waals surface area contributed by atoms with Crippen LogP contribution < -0.4 is 0 Å². The Balaban J connectivity index is 2.11. The van der Waals surface area contributed by atoms with Crippen LogP contribution in [0.1, 0.15) is 29.3 Å². The van der Waals surface area contributed by atoms with E-state index in [0.29, 0.717) is 13.0 Å². The van der Waals surface area contributed by atoms with Crippen LogP contribution in [-0.4, -0.2) is 27.3 Å². The number of hydrogen-bond donors (Lipinski definition) is 0. The second kappa shape index (κ2) is 6.97. The van der Waals surface area contributed by atoms with E-state index in [1.807, 2.05) is 17.9 Å². The van der Waals surface area contributed by atoms with E-state index in [1.165, 1.54) is 16.7 Å². The summed E-state index contributed by atoms with van der Waals surface area (Å²) < 4.78 is 0. The zero-order chi connectivity index (χ0) is 15.2. The molecule has 4 nitrogen and oxygen atoms in total. The third-order valence-electron chi connectivity index (χ3n) is 3.81. The molecule has 1 amide bonds. The normalized spacial score (nSPS) is 12.0. The lowest BCUT2D eigenvalue weighted by atomic mass is 10.0. The molecule has 1 aromatic heterocycles. The van der Waals surface area contributed by atoms with Gasteiger partial charge in [-0.3, -0.25) is 14.8 Å². The predicted octanol–water partition coefficient (Wildman–Crippen LogP) is 2.68. The van der Waals surface area contributed by atoms with Crippen molar-refractivity contribution in [3.63, 3.8) is 0 Å². The fourth-order valence-corrected chi connectivity index (χ4v) is 2.43. The van der Waals surface area contributed by atoms with Crippen molar-refractivity contribution in [1.29, 1.82) is 0 Å². The maximum absolute atomic E-state index is 11.5. The van der Waals surface area contributed by atoms with Crippen LogP contribution in [0.25, 0.3) is 0 Å². The average Bonchev–Trinajstić information content (AvgIpc) is 2.48. The van der Waals surface area contributed by atoms with Gasteiger partial charge in [0.1, 0.15) is 0 Å². The molecular weight excluding hydrogens is 262 g/mol. The zero-order valence-corrected chi connectivity index (χ0v) is 12.8. The number of carbonyl (C=O) groups is 1. The van der Waals surface area contributed by atoms with E-state index in [9.17, 15) is 4.79 Å². The highest BCUT2D eigenvalue weighted by Gasteiger charge is 2.15. The Kier molecular flexibility index (Phi) is 5.04. The maximum atomic E-state index is 11.5. The van der Waals surface area contributed by atoms with Crippen LogP contribution in [0, 0.1) is 13.8 Å². The van der Waals surface area contributed by atoms with Gasteiger partial charge in [-0.05, 0) is 37.5 Å². The van der Waals surface area contributed by atoms with Crippen molar-refractivity contribution in [3.8, 4) is 0 Å². The topological polar surface area (TPSA) is 46.1 Å². The van der Waals surface area contributed by atoms with E-state index < -0.39 is 0 Å². The van der Waals surface area contributed by atoms with Crippen LogP contribution in [0.3, 0.4) is 0 Å². The van der Waals surface area contributed by atoms with Gasteiger partial charge in [0.25, 0.3) is 0 Å². The van der Waals surface area contributed by atoms with E-state index in [0.717, 1.165) is 12.1 Å². The molecule has 1 unspecified atom stereocenters. The van der Waals surface area contributed by atoms with Crippen molar-refractivity contribution >= 4 is 6.41 Å². The van der Waals surface area contributed by atoms with Crippen molar-refractivity contribution in [3.05, 3.63) is 59.2 Å². The molecule has 0 bridgehead atoms. The molecule has 4 heteroatoms. The van der Waals surface area contributed by atoms with Crippen molar-refractivity contribution in [2.75, 3.05) is 0 Å². The first-order valence-electron chi connectivity index (χ1n) is 7.13. The van der Waals surface area contributed by atoms with Gasteiger partial charge in [-0.15, -0.1) is 0 Å². The summed E-state index contributed by atoms with van der Waals surface area (Å²) in [4.78, 5) is 21.6. The van der Waals surface area contributed by atoms with Gasteiger partial charge in [0, 0.05) is 37.6 Å². The molecular formula is C17H21N3O. The van der Waals surface area contributed by atoms with Crippen LogP contribution >= 0.6 is 0 Å². The van der Waals surface area contributed by atoms with Crippen molar-refractivity contribution in [2.45, 2.75) is 39.8 Å². The van der Waals surface area contributed by atoms with Gasteiger partial charge < -0.3 is 4.90 Å². The van der Waals surface area contributed by atoms with Crippen molar-refractivity contribution in [1.82, 2.24) is 14.9 Å². The van der Waals surface area contributed by atoms with Crippen LogP contribution in [0.15, 0.2) is 36.8 Å². The number of aromatic nitrogens is 2. The summed E-state index contributed by atoms with van der Waals surface area (Å²) in [5.41, 5.74) is 4.55. The summed E-state index contributed by atoms with van der Waals surface area (Å²) in [6.07, 6.45) is 6.71. The average molecular weight is 283 g/mol. The van der Waals surface area contributed by atoms with E-state index in [-0.39, 0.29) is 6.04 Å². The molecule has 0 saturated heterocycles. The third kappa shape index (κ3) is 3.88. The van der Waals surface area contributed by atoms with Crippen LogP contribution in [0.4, 0.5) is 0 Å². The summed E-state index contributed by atoms with van der Waals surface area (Å²) in [5.74, 6) is 0. The van der Waals surface area contributed by atoms with Crippen LogP contribution in [0.5, 0.6) is 0 Å². The molecule has 0 fully saturated rings. The highest BCUT2D eigenvalue weighted by Crippen LogP contribution is 2.17. The fraction of sp³-hybridized carbons (Fsp3) is 0.353. The molecule has 0 radical (unpaired) electrons. The van der Waals surface area contributed by atoms with Crippen molar-refractivity contribution in [2.24, 2.45) is 0 Å². The Bertz CT molecular complexity index is 578. The summed E-state index contributed by atoms with van der Waals surface area (Å²) in [5, 5.41) is 0. The fourth-order valence-electron chi connectivity index (χ4n) is 2.43. The lowest BCUT2D eigenvalue weighted by molar-refractivity contribution is -0.120. The quantitative estimate of drug-likeness (QED) is 0.766. The molecule has 1 atom stereocenters. The zero-order valence-electron chi connectivity index (χ0n) is 12.8. The monoisotopic (exact) mass is 283 g/mol. The lowest BCUT2D eigenvalue weighted by Gasteiger charge is -2.26. The molecule has 1 heterocycles. The highest BCUT2D eigenvalue weighted by atomic mass is 16.1. The number of hydrogen-bond acceptors (Lipinski definition) is 3. The SMILES string of the molecule is Cc1cccc(C)c1CN(C=O)C(C)Cc1cnccn1. The number of benzene rings is 1. The van der Waals surface area contributed by atoms with Gasteiger partial charge in [-0.1, -0.05) is 18.2 Å². The lowest BCUT2D eigenvalue weighted by Crippen LogP contribution is -2.33. The maximum Gasteiger partial charge on any atom is 0.210 e. The molecule has 1 aromatic carbocycles. The van der Waals surface area contributed by atoms with E-state index in [1.54, 1.807) is 18.6 Å². The van der Waals surface area contributed by atoms with Crippen molar-refractivity contribution < 1.29 is 4.79 Å². The second-order valence-corrected chi connectivity index (χ2v) is 5.40. The first-order chi connectivity index (χ1) is 10.1. The smallest absolute Gasteiger partial charge is 0.210 e. The second-order valence-electron chi connectivity index (χ2n) is 5.40. The Morgan fingerprint density at radius 1 is 1.24 bits per heavy atom. The molecule has 21 heavy (non-hydrogen) atoms. The van der Waals surface area contributed by atoms with E-state index in [2.05, 4.69) is 35.9 Å². The van der Waals surface area contributed by atoms with Gasteiger partial charge in [0.2, 0.25) is 6.41 Å². The number of carbonyl (C=O) groups excluding carboxylic acids is 1. The van der Waals surface area contributed by atoms with Gasteiger partial charge in [-0.25, -0.2) is 0 Å². The number of rotatable bonds is 6. The van der Waals surface area contributed by atoms with Gasteiger partial charge in [0.05, 0.1) is 5.69 Å². The number of amides is 1. The van der Waals surface area contributed by atoms with Gasteiger partial charge >= 0.3 is 0 Å². The molecule has 2 aromatic rings. The Morgan fingerprint density at radius 3 is 2.52 bits per heavy atom. The van der Waals surface area contributed by atoms with Crippen LogP contribution in [0.2, 0.25) is 0 Å². The molecule has 0 aliphatic carbocycles. The standard InChI is InChI=1S/C17H21N3O/c1-13-5-4-6-14(2)17(13)11-20(12-21)15(3)9-16-10-18-7-8-19-16/h4-8,10,12,15H,9,11H2,1-3H3. The van der Waals surface area contributed by atoms with Crippen LogP contribution in [-0.2, 0) is 17.8 Å². The minimum Gasteiger partial charge on any atom is -0.338 e. The highest BCUT2D eigenvalue weighted by molar-refractivity contribution is 5.49. The molecule has 0 aliphatic heterocycles. The molecule has 0 aliphatic rings. The first-order valence-corrected chi connectivity index (χ1v) is 7.13. The predicted molar refractivity (Wildman–Crippen MR) is 82.7 cm³/mol.